The molecule has 0 spiro atoms. The molecule has 1 aromatic carbocycles. The quantitative estimate of drug-likeness (QED) is 0.213. The third-order valence-corrected chi connectivity index (χ3v) is 5.78. The topological polar surface area (TPSA) is 170 Å². The highest BCUT2D eigenvalue weighted by Crippen LogP contribution is 2.18. The molecule has 0 bridgehead atoms. The van der Waals surface area contributed by atoms with Gasteiger partial charge in [-0.1, -0.05) is 12.1 Å². The summed E-state index contributed by atoms with van der Waals surface area (Å²) in [5, 5.41) is 38.3. The van der Waals surface area contributed by atoms with Gasteiger partial charge in [-0.3, -0.25) is 19.9 Å². The zero-order valence-electron chi connectivity index (χ0n) is 18.5. The summed E-state index contributed by atoms with van der Waals surface area (Å²) in [6.07, 6.45) is 1.55. The first-order valence-corrected chi connectivity index (χ1v) is 10.9. The Morgan fingerprint density at radius 2 is 1.82 bits per heavy atom. The number of hydrogen-bond donors (Lipinski definition) is 6. The van der Waals surface area contributed by atoms with Crippen LogP contribution < -0.4 is 11.1 Å². The van der Waals surface area contributed by atoms with Gasteiger partial charge in [0.1, 0.15) is 11.6 Å². The van der Waals surface area contributed by atoms with Crippen molar-refractivity contribution in [3.63, 3.8) is 0 Å². The van der Waals surface area contributed by atoms with Gasteiger partial charge < -0.3 is 36.5 Å². The van der Waals surface area contributed by atoms with E-state index in [2.05, 4.69) is 5.32 Å². The second-order valence-corrected chi connectivity index (χ2v) is 8.20. The van der Waals surface area contributed by atoms with E-state index in [0.29, 0.717) is 56.9 Å². The first-order valence-electron chi connectivity index (χ1n) is 10.9. The number of likely N-dealkylation sites (tertiary alicyclic amines) is 1. The van der Waals surface area contributed by atoms with Crippen LogP contribution in [0.1, 0.15) is 12.0 Å². The number of carbonyl (C=O) groups excluding carboxylic acids is 2. The van der Waals surface area contributed by atoms with Gasteiger partial charge in [-0.05, 0) is 24.6 Å². The molecule has 2 aliphatic heterocycles. The Labute approximate surface area is 192 Å². The van der Waals surface area contributed by atoms with Crippen LogP contribution in [0.3, 0.4) is 0 Å². The predicted octanol–water partition coefficient (Wildman–Crippen LogP) is -1.09. The van der Waals surface area contributed by atoms with E-state index >= 15 is 0 Å². The molecule has 33 heavy (non-hydrogen) atoms. The lowest BCUT2D eigenvalue weighted by atomic mass is 10.1. The molecule has 3 rings (SSSR count). The maximum absolute atomic E-state index is 12.2. The Balaban J connectivity index is 1.48. The van der Waals surface area contributed by atoms with E-state index < -0.39 is 6.10 Å². The highest BCUT2D eigenvalue weighted by molar-refractivity contribution is 6.12. The van der Waals surface area contributed by atoms with Crippen molar-refractivity contribution in [3.05, 3.63) is 41.6 Å². The number of allylic oxidation sites excluding steroid dienone is 1. The number of para-hydroxylation sites is 1. The first kappa shape index (κ1) is 24.2. The molecule has 0 saturated carbocycles. The number of piperazine rings is 1. The Kier molecular flexibility index (Phi) is 8.01. The van der Waals surface area contributed by atoms with Crippen LogP contribution in [0.2, 0.25) is 0 Å². The molecule has 2 fully saturated rings. The average Bonchev–Trinajstić information content (AvgIpc) is 3.23. The van der Waals surface area contributed by atoms with E-state index in [1.165, 1.54) is 12.1 Å². The number of hydrogen-bond acceptors (Lipinski definition) is 8. The number of amidine groups is 1. The molecule has 0 aromatic heterocycles. The van der Waals surface area contributed by atoms with Crippen molar-refractivity contribution in [1.29, 1.82) is 10.8 Å². The van der Waals surface area contributed by atoms with Crippen LogP contribution in [-0.2, 0) is 9.59 Å². The number of aliphatic hydroxyl groups excluding tert-OH is 1. The summed E-state index contributed by atoms with van der Waals surface area (Å²) in [5.41, 5.74) is 6.56. The molecule has 2 heterocycles. The standard InChI is InChI=1S/C22H31N7O4/c23-17(16-3-1-2-4-19(16)31)11-18(22(24)25)28-9-7-27(8-10-28)14-20(32)26-12-21(33)29-6-5-15(30)13-29/h1-4,11,15,23,30-31H,5-10,12-14H2,(H3,24,25)(H,26,32)/b18-11+,23-17?/t15-/m1/s1. The number of benzene rings is 1. The van der Waals surface area contributed by atoms with Crippen LogP contribution in [0, 0.1) is 10.8 Å². The maximum Gasteiger partial charge on any atom is 0.242 e. The maximum atomic E-state index is 12.2. The molecule has 2 amide bonds. The monoisotopic (exact) mass is 457 g/mol. The lowest BCUT2D eigenvalue weighted by Crippen LogP contribution is -2.51. The SMILES string of the molecule is N=C(N)/C(=C\C(=N)c1ccccc1O)N1CCN(CC(=O)NCC(=O)N2CC[C@@H](O)C2)CC1. The zero-order chi connectivity index (χ0) is 24.0. The second kappa shape index (κ2) is 10.9. The number of amides is 2. The summed E-state index contributed by atoms with van der Waals surface area (Å²) in [7, 11) is 0. The molecule has 2 saturated heterocycles. The highest BCUT2D eigenvalue weighted by atomic mass is 16.3. The van der Waals surface area contributed by atoms with E-state index in [4.69, 9.17) is 16.6 Å². The van der Waals surface area contributed by atoms with Gasteiger partial charge in [-0.25, -0.2) is 0 Å². The third-order valence-electron chi connectivity index (χ3n) is 5.78. The summed E-state index contributed by atoms with van der Waals surface area (Å²) in [4.78, 5) is 29.7. The Hall–Kier alpha value is -3.44. The van der Waals surface area contributed by atoms with Gasteiger partial charge >= 0.3 is 0 Å². The fraction of sp³-hybridized carbons (Fsp3) is 0.455. The smallest absolute Gasteiger partial charge is 0.242 e. The number of phenols is 1. The number of rotatable bonds is 8. The van der Waals surface area contributed by atoms with E-state index in [1.807, 2.05) is 9.80 Å². The number of nitrogens with one attached hydrogen (secondary N) is 3. The van der Waals surface area contributed by atoms with Crippen LogP contribution in [0.4, 0.5) is 0 Å². The molecular formula is C22H31N7O4. The number of β-amino-alcohol motifs (C(OH)–C–C–N with tert-alkyl or cyclic N) is 1. The molecule has 7 N–H and O–H groups in total. The minimum absolute atomic E-state index is 0.0168. The Morgan fingerprint density at radius 3 is 2.42 bits per heavy atom. The summed E-state index contributed by atoms with van der Waals surface area (Å²) < 4.78 is 0. The molecule has 178 valence electrons. The minimum atomic E-state index is -0.489. The largest absolute Gasteiger partial charge is 0.507 e. The average molecular weight is 458 g/mol. The molecule has 0 radical (unpaired) electrons. The van der Waals surface area contributed by atoms with Crippen molar-refractivity contribution < 1.29 is 19.8 Å². The number of aliphatic hydroxyl groups is 1. The lowest BCUT2D eigenvalue weighted by molar-refractivity contribution is -0.132. The lowest BCUT2D eigenvalue weighted by Gasteiger charge is -2.36. The van der Waals surface area contributed by atoms with Crippen LogP contribution in [0.5, 0.6) is 5.75 Å². The van der Waals surface area contributed by atoms with Crippen molar-refractivity contribution in [1.82, 2.24) is 20.0 Å². The van der Waals surface area contributed by atoms with Gasteiger partial charge in [-0.2, -0.15) is 0 Å². The molecule has 0 unspecified atom stereocenters. The summed E-state index contributed by atoms with van der Waals surface area (Å²) >= 11 is 0. The van der Waals surface area contributed by atoms with Crippen molar-refractivity contribution in [2.75, 3.05) is 52.4 Å². The van der Waals surface area contributed by atoms with Gasteiger partial charge in [0.25, 0.3) is 0 Å². The van der Waals surface area contributed by atoms with E-state index in [0.717, 1.165) is 0 Å². The number of phenolic OH excluding ortho intramolecular Hbond substituents is 1. The fourth-order valence-corrected chi connectivity index (χ4v) is 3.92. The van der Waals surface area contributed by atoms with Gasteiger partial charge in [0.2, 0.25) is 11.8 Å². The van der Waals surface area contributed by atoms with Crippen molar-refractivity contribution in [2.24, 2.45) is 5.73 Å². The molecule has 2 aliphatic rings. The normalized spacial score (nSPS) is 19.4. The molecule has 11 nitrogen and oxygen atoms in total. The molecule has 1 atom stereocenters. The second-order valence-electron chi connectivity index (χ2n) is 8.20. The fourth-order valence-electron chi connectivity index (χ4n) is 3.92. The molecule has 11 heteroatoms. The van der Waals surface area contributed by atoms with Gasteiger partial charge in [-0.15, -0.1) is 0 Å². The number of nitrogens with zero attached hydrogens (tertiary/aromatic N) is 3. The Bertz CT molecular complexity index is 940. The highest BCUT2D eigenvalue weighted by Gasteiger charge is 2.25. The van der Waals surface area contributed by atoms with Crippen molar-refractivity contribution in [2.45, 2.75) is 12.5 Å². The first-order chi connectivity index (χ1) is 15.7. The van der Waals surface area contributed by atoms with E-state index in [1.54, 1.807) is 23.1 Å². The third kappa shape index (κ3) is 6.53. The summed E-state index contributed by atoms with van der Waals surface area (Å²) in [6.45, 7) is 3.00. The van der Waals surface area contributed by atoms with Gasteiger partial charge in [0.15, 0.2) is 0 Å². The predicted molar refractivity (Wildman–Crippen MR) is 123 cm³/mol. The summed E-state index contributed by atoms with van der Waals surface area (Å²) in [6, 6.07) is 6.51. The molecular weight excluding hydrogens is 426 g/mol. The zero-order valence-corrected chi connectivity index (χ0v) is 18.5. The number of nitrogens with two attached hydrogens (primary N) is 1. The molecule has 0 aliphatic carbocycles. The van der Waals surface area contributed by atoms with Crippen LogP contribution in [-0.4, -0.2) is 107 Å². The van der Waals surface area contributed by atoms with Crippen LogP contribution in [0.25, 0.3) is 0 Å². The van der Waals surface area contributed by atoms with Crippen molar-refractivity contribution >= 4 is 23.4 Å². The minimum Gasteiger partial charge on any atom is -0.507 e. The van der Waals surface area contributed by atoms with Crippen LogP contribution >= 0.6 is 0 Å². The summed E-state index contributed by atoms with van der Waals surface area (Å²) in [5.74, 6) is -0.642. The number of carbonyl (C=O) groups is 2. The van der Waals surface area contributed by atoms with Crippen LogP contribution in [0.15, 0.2) is 36.0 Å². The van der Waals surface area contributed by atoms with E-state index in [-0.39, 0.29) is 42.2 Å². The van der Waals surface area contributed by atoms with Gasteiger partial charge in [0.05, 0.1) is 30.6 Å². The number of aromatic hydroxyl groups is 1. The van der Waals surface area contributed by atoms with Gasteiger partial charge in [0, 0.05) is 44.8 Å². The Morgan fingerprint density at radius 1 is 1.12 bits per heavy atom. The van der Waals surface area contributed by atoms with Crippen molar-refractivity contribution in [3.8, 4) is 5.75 Å². The van der Waals surface area contributed by atoms with E-state index in [9.17, 15) is 19.8 Å². The molecule has 1 aromatic rings.